The van der Waals surface area contributed by atoms with Crippen molar-refractivity contribution < 1.29 is 9.53 Å². The summed E-state index contributed by atoms with van der Waals surface area (Å²) in [6.07, 6.45) is 1.70. The van der Waals surface area contributed by atoms with E-state index in [0.29, 0.717) is 16.5 Å². The van der Waals surface area contributed by atoms with Crippen LogP contribution in [0.5, 0.6) is 0 Å². The van der Waals surface area contributed by atoms with Gasteiger partial charge >= 0.3 is 5.97 Å². The van der Waals surface area contributed by atoms with E-state index in [4.69, 9.17) is 4.74 Å². The Morgan fingerprint density at radius 3 is 2.78 bits per heavy atom. The van der Waals surface area contributed by atoms with Crippen molar-refractivity contribution in [2.75, 3.05) is 7.11 Å². The molecule has 2 aromatic carbocycles. The molecule has 0 saturated heterocycles. The minimum absolute atomic E-state index is 0.330. The van der Waals surface area contributed by atoms with Gasteiger partial charge in [-0.1, -0.05) is 42.1 Å². The second-order valence-electron chi connectivity index (χ2n) is 4.79. The molecule has 0 saturated carbocycles. The third-order valence-electron chi connectivity index (χ3n) is 3.21. The average Bonchev–Trinajstić information content (AvgIpc) is 3.09. The summed E-state index contributed by atoms with van der Waals surface area (Å²) >= 11 is 1.52. The molecular weight excluding hydrogens is 310 g/mol. The van der Waals surface area contributed by atoms with Crippen LogP contribution in [-0.4, -0.2) is 27.8 Å². The van der Waals surface area contributed by atoms with Gasteiger partial charge in [-0.3, -0.25) is 0 Å². The highest BCUT2D eigenvalue weighted by Gasteiger charge is 2.07. The molecule has 0 N–H and O–H groups in total. The molecule has 6 heteroatoms. The van der Waals surface area contributed by atoms with Crippen LogP contribution in [0.3, 0.4) is 0 Å². The van der Waals surface area contributed by atoms with Crippen LogP contribution in [0.1, 0.15) is 15.9 Å². The lowest BCUT2D eigenvalue weighted by atomic mass is 10.1. The summed E-state index contributed by atoms with van der Waals surface area (Å²) in [4.78, 5) is 15.8. The lowest BCUT2D eigenvalue weighted by Crippen LogP contribution is -2.01. The highest BCUT2D eigenvalue weighted by molar-refractivity contribution is 7.98. The number of thioether (sulfide) groups is 1. The van der Waals surface area contributed by atoms with Gasteiger partial charge in [0.2, 0.25) is 5.16 Å². The first kappa shape index (κ1) is 15.3. The summed E-state index contributed by atoms with van der Waals surface area (Å²) < 4.78 is 6.48. The largest absolute Gasteiger partial charge is 0.465 e. The standard InChI is InChI=1S/C17H15N3O2S/c1-22-16(21)14-7-5-6-13(10-14)11-23-17-18-12-20(19-17)15-8-3-2-4-9-15/h2-10,12H,11H2,1H3. The lowest BCUT2D eigenvalue weighted by Gasteiger charge is -2.02. The fraction of sp³-hybridized carbons (Fsp3) is 0.118. The first-order valence-electron chi connectivity index (χ1n) is 7.03. The van der Waals surface area contributed by atoms with Crippen molar-refractivity contribution in [3.05, 3.63) is 72.1 Å². The first-order chi connectivity index (χ1) is 11.3. The van der Waals surface area contributed by atoms with E-state index >= 15 is 0 Å². The Balaban J connectivity index is 1.67. The molecule has 0 aliphatic carbocycles. The van der Waals surface area contributed by atoms with Crippen molar-refractivity contribution in [1.82, 2.24) is 14.8 Å². The molecule has 116 valence electrons. The number of hydrogen-bond donors (Lipinski definition) is 0. The van der Waals surface area contributed by atoms with Gasteiger partial charge in [0.25, 0.3) is 0 Å². The Kier molecular flexibility index (Phi) is 4.73. The Bertz CT molecular complexity index is 802. The number of esters is 1. The number of methoxy groups -OCH3 is 1. The second-order valence-corrected chi connectivity index (χ2v) is 5.73. The van der Waals surface area contributed by atoms with E-state index in [0.717, 1.165) is 11.3 Å². The zero-order valence-corrected chi connectivity index (χ0v) is 13.4. The van der Waals surface area contributed by atoms with Gasteiger partial charge in [-0.15, -0.1) is 5.10 Å². The molecule has 0 bridgehead atoms. The third-order valence-corrected chi connectivity index (χ3v) is 4.13. The zero-order chi connectivity index (χ0) is 16.1. The highest BCUT2D eigenvalue weighted by atomic mass is 32.2. The third kappa shape index (κ3) is 3.78. The van der Waals surface area contributed by atoms with E-state index in [2.05, 4.69) is 10.1 Å². The van der Waals surface area contributed by atoms with Crippen molar-refractivity contribution in [2.45, 2.75) is 10.9 Å². The van der Waals surface area contributed by atoms with E-state index in [1.54, 1.807) is 17.1 Å². The molecule has 0 amide bonds. The van der Waals surface area contributed by atoms with Gasteiger partial charge < -0.3 is 4.74 Å². The molecule has 1 heterocycles. The van der Waals surface area contributed by atoms with Crippen LogP contribution in [0, 0.1) is 0 Å². The second kappa shape index (κ2) is 7.11. The normalized spacial score (nSPS) is 10.5. The monoisotopic (exact) mass is 325 g/mol. The van der Waals surface area contributed by atoms with E-state index in [1.807, 2.05) is 48.5 Å². The van der Waals surface area contributed by atoms with E-state index in [-0.39, 0.29) is 5.97 Å². The number of hydrogen-bond acceptors (Lipinski definition) is 5. The molecule has 0 spiro atoms. The number of carbonyl (C=O) groups excluding carboxylic acids is 1. The van der Waals surface area contributed by atoms with Gasteiger partial charge in [0.1, 0.15) is 6.33 Å². The van der Waals surface area contributed by atoms with Crippen LogP contribution >= 0.6 is 11.8 Å². The molecule has 1 aromatic heterocycles. The number of nitrogens with zero attached hydrogens (tertiary/aromatic N) is 3. The number of ether oxygens (including phenoxy) is 1. The van der Waals surface area contributed by atoms with Crippen molar-refractivity contribution in [3.8, 4) is 5.69 Å². The fourth-order valence-corrected chi connectivity index (χ4v) is 2.82. The molecule has 0 aliphatic heterocycles. The van der Waals surface area contributed by atoms with Crippen LogP contribution in [-0.2, 0) is 10.5 Å². The Morgan fingerprint density at radius 1 is 1.17 bits per heavy atom. The first-order valence-corrected chi connectivity index (χ1v) is 8.02. The van der Waals surface area contributed by atoms with Gasteiger partial charge in [0.05, 0.1) is 18.4 Å². The van der Waals surface area contributed by atoms with Crippen LogP contribution < -0.4 is 0 Å². The van der Waals surface area contributed by atoms with Crippen LogP contribution in [0.4, 0.5) is 0 Å². The van der Waals surface area contributed by atoms with Crippen LogP contribution in [0.25, 0.3) is 5.69 Å². The van der Waals surface area contributed by atoms with Gasteiger partial charge in [-0.25, -0.2) is 14.5 Å². The molecule has 23 heavy (non-hydrogen) atoms. The van der Waals surface area contributed by atoms with E-state index in [9.17, 15) is 4.79 Å². The van der Waals surface area contributed by atoms with Gasteiger partial charge in [0.15, 0.2) is 0 Å². The van der Waals surface area contributed by atoms with E-state index in [1.165, 1.54) is 18.9 Å². The molecule has 0 fully saturated rings. The van der Waals surface area contributed by atoms with E-state index < -0.39 is 0 Å². The Labute approximate surface area is 138 Å². The predicted octanol–water partition coefficient (Wildman–Crippen LogP) is 3.35. The Hall–Kier alpha value is -2.60. The highest BCUT2D eigenvalue weighted by Crippen LogP contribution is 2.20. The summed E-state index contributed by atoms with van der Waals surface area (Å²) in [6, 6.07) is 17.2. The van der Waals surface area contributed by atoms with Gasteiger partial charge in [-0.2, -0.15) is 0 Å². The number of para-hydroxylation sites is 1. The predicted molar refractivity (Wildman–Crippen MR) is 88.7 cm³/mol. The summed E-state index contributed by atoms with van der Waals surface area (Å²) in [7, 11) is 1.38. The van der Waals surface area contributed by atoms with Crippen molar-refractivity contribution in [3.63, 3.8) is 0 Å². The molecule has 0 aliphatic rings. The summed E-state index contributed by atoms with van der Waals surface area (Å²) in [6.45, 7) is 0. The number of carbonyl (C=O) groups is 1. The maximum Gasteiger partial charge on any atom is 0.337 e. The van der Waals surface area contributed by atoms with Gasteiger partial charge in [0, 0.05) is 5.75 Å². The average molecular weight is 325 g/mol. The van der Waals surface area contributed by atoms with Crippen LogP contribution in [0.2, 0.25) is 0 Å². The minimum atomic E-state index is -0.330. The fourth-order valence-electron chi connectivity index (χ4n) is 2.07. The topological polar surface area (TPSA) is 57.0 Å². The van der Waals surface area contributed by atoms with Gasteiger partial charge in [-0.05, 0) is 29.8 Å². The van der Waals surface area contributed by atoms with Crippen molar-refractivity contribution >= 4 is 17.7 Å². The minimum Gasteiger partial charge on any atom is -0.465 e. The number of aromatic nitrogens is 3. The quantitative estimate of drug-likeness (QED) is 0.532. The maximum atomic E-state index is 11.5. The molecule has 5 nitrogen and oxygen atoms in total. The maximum absolute atomic E-state index is 11.5. The molecule has 0 unspecified atom stereocenters. The summed E-state index contributed by atoms with van der Waals surface area (Å²) in [5.41, 5.74) is 2.54. The smallest absolute Gasteiger partial charge is 0.337 e. The van der Waals surface area contributed by atoms with Crippen molar-refractivity contribution in [2.24, 2.45) is 0 Å². The Morgan fingerprint density at radius 2 is 2.00 bits per heavy atom. The number of rotatable bonds is 5. The zero-order valence-electron chi connectivity index (χ0n) is 12.5. The van der Waals surface area contributed by atoms with Crippen LogP contribution in [0.15, 0.2) is 66.1 Å². The number of benzene rings is 2. The summed E-state index contributed by atoms with van der Waals surface area (Å²) in [5, 5.41) is 5.14. The molecular formula is C17H15N3O2S. The molecule has 0 radical (unpaired) electrons. The van der Waals surface area contributed by atoms with Crippen molar-refractivity contribution in [1.29, 1.82) is 0 Å². The lowest BCUT2D eigenvalue weighted by molar-refractivity contribution is 0.0600. The SMILES string of the molecule is COC(=O)c1cccc(CSc2ncn(-c3ccccc3)n2)c1. The molecule has 0 atom stereocenters. The molecule has 3 rings (SSSR count). The summed E-state index contributed by atoms with van der Waals surface area (Å²) in [5.74, 6) is 0.354. The molecule has 3 aromatic rings.